The summed E-state index contributed by atoms with van der Waals surface area (Å²) < 4.78 is 18.0. The normalized spacial score (nSPS) is 18.9. The minimum Gasteiger partial charge on any atom is -0.352 e. The number of imidazole rings is 1. The lowest BCUT2D eigenvalue weighted by atomic mass is 10.0. The molecule has 1 atom stereocenters. The van der Waals surface area contributed by atoms with Gasteiger partial charge in [0.2, 0.25) is 0 Å². The van der Waals surface area contributed by atoms with Crippen LogP contribution in [-0.2, 0) is 0 Å². The Balaban J connectivity index is 1.14. The molecule has 2 saturated heterocycles. The van der Waals surface area contributed by atoms with Crippen LogP contribution >= 0.6 is 11.3 Å². The molecule has 36 heavy (non-hydrogen) atoms. The summed E-state index contributed by atoms with van der Waals surface area (Å²) >= 11 is 1.52. The van der Waals surface area contributed by atoms with Gasteiger partial charge < -0.3 is 15.5 Å². The highest BCUT2D eigenvalue weighted by Gasteiger charge is 2.19. The van der Waals surface area contributed by atoms with E-state index < -0.39 is 0 Å². The van der Waals surface area contributed by atoms with Gasteiger partial charge in [0.25, 0.3) is 5.91 Å². The van der Waals surface area contributed by atoms with Crippen molar-refractivity contribution in [1.82, 2.24) is 24.9 Å². The Morgan fingerprint density at radius 1 is 1.14 bits per heavy atom. The molecule has 0 aliphatic carbocycles. The molecule has 8 heteroatoms. The van der Waals surface area contributed by atoms with Crippen LogP contribution < -0.4 is 10.6 Å². The van der Waals surface area contributed by atoms with Gasteiger partial charge in [-0.3, -0.25) is 9.20 Å². The predicted molar refractivity (Wildman–Crippen MR) is 143 cm³/mol. The van der Waals surface area contributed by atoms with Crippen molar-refractivity contribution in [1.29, 1.82) is 0 Å². The zero-order valence-electron chi connectivity index (χ0n) is 20.4. The van der Waals surface area contributed by atoms with Crippen LogP contribution in [-0.4, -0.2) is 52.9 Å². The van der Waals surface area contributed by atoms with Crippen molar-refractivity contribution in [3.63, 3.8) is 0 Å². The van der Waals surface area contributed by atoms with Crippen molar-refractivity contribution in [3.05, 3.63) is 59.5 Å². The first-order chi connectivity index (χ1) is 17.7. The Kier molecular flexibility index (Phi) is 6.73. The maximum Gasteiger partial charge on any atom is 0.251 e. The van der Waals surface area contributed by atoms with Gasteiger partial charge in [0.1, 0.15) is 5.82 Å². The van der Waals surface area contributed by atoms with Crippen LogP contribution in [0.3, 0.4) is 0 Å². The maximum atomic E-state index is 15.0. The number of nitrogens with zero attached hydrogens (tertiary/aromatic N) is 3. The summed E-state index contributed by atoms with van der Waals surface area (Å²) in [7, 11) is 0. The number of likely N-dealkylation sites (tertiary alicyclic amines) is 1. The van der Waals surface area contributed by atoms with E-state index in [2.05, 4.69) is 15.5 Å². The molecular formula is C28H32FN5OS. The lowest BCUT2D eigenvalue weighted by Gasteiger charge is -2.26. The van der Waals surface area contributed by atoms with E-state index in [1.807, 2.05) is 40.9 Å². The van der Waals surface area contributed by atoms with E-state index in [0.717, 1.165) is 53.1 Å². The number of fused-ring (bicyclic) bond motifs is 3. The van der Waals surface area contributed by atoms with E-state index in [-0.39, 0.29) is 17.8 Å². The Bertz CT molecular complexity index is 1380. The predicted octanol–water partition coefficient (Wildman–Crippen LogP) is 5.39. The van der Waals surface area contributed by atoms with Gasteiger partial charge in [0.05, 0.1) is 15.9 Å². The molecule has 0 radical (unpaired) electrons. The number of rotatable bonds is 7. The molecule has 0 bridgehead atoms. The van der Waals surface area contributed by atoms with E-state index in [4.69, 9.17) is 4.98 Å². The molecule has 6 rings (SSSR count). The first kappa shape index (κ1) is 23.6. The first-order valence-corrected chi connectivity index (χ1v) is 13.9. The second-order valence-electron chi connectivity index (χ2n) is 9.96. The number of aromatic nitrogens is 2. The molecule has 188 valence electrons. The van der Waals surface area contributed by atoms with Crippen molar-refractivity contribution >= 4 is 32.4 Å². The maximum absolute atomic E-state index is 15.0. The number of carbonyl (C=O) groups excluding carboxylic acids is 1. The van der Waals surface area contributed by atoms with E-state index in [1.165, 1.54) is 43.7 Å². The molecule has 0 saturated carbocycles. The van der Waals surface area contributed by atoms with Crippen molar-refractivity contribution in [2.24, 2.45) is 0 Å². The molecule has 1 amide bonds. The number of amides is 1. The summed E-state index contributed by atoms with van der Waals surface area (Å²) in [5.41, 5.74) is 3.77. The van der Waals surface area contributed by atoms with Gasteiger partial charge in [-0.25, -0.2) is 9.37 Å². The smallest absolute Gasteiger partial charge is 0.251 e. The van der Waals surface area contributed by atoms with Gasteiger partial charge in [-0.1, -0.05) is 23.8 Å². The Hall–Kier alpha value is -2.81. The summed E-state index contributed by atoms with van der Waals surface area (Å²) in [6.45, 7) is 5.08. The zero-order valence-corrected chi connectivity index (χ0v) is 21.2. The number of hydrogen-bond donors (Lipinski definition) is 2. The number of benzene rings is 2. The number of carbonyl (C=O) groups is 1. The summed E-state index contributed by atoms with van der Waals surface area (Å²) in [6.07, 6.45) is 8.95. The monoisotopic (exact) mass is 505 g/mol. The minimum absolute atomic E-state index is 0.0406. The number of hydrogen-bond acceptors (Lipinski definition) is 5. The molecule has 2 aliphatic heterocycles. The molecule has 2 aliphatic rings. The quantitative estimate of drug-likeness (QED) is 0.331. The fourth-order valence-electron chi connectivity index (χ4n) is 5.49. The van der Waals surface area contributed by atoms with E-state index in [1.54, 1.807) is 6.07 Å². The molecule has 0 spiro atoms. The highest BCUT2D eigenvalue weighted by molar-refractivity contribution is 7.23. The van der Waals surface area contributed by atoms with Crippen LogP contribution in [0.25, 0.3) is 26.4 Å². The van der Waals surface area contributed by atoms with Crippen LogP contribution in [0, 0.1) is 5.82 Å². The molecule has 0 unspecified atom stereocenters. The molecular weight excluding hydrogens is 473 g/mol. The van der Waals surface area contributed by atoms with Gasteiger partial charge in [0, 0.05) is 29.9 Å². The van der Waals surface area contributed by atoms with Crippen LogP contribution in [0.15, 0.2) is 42.6 Å². The second kappa shape index (κ2) is 10.3. The SMILES string of the molecule is O=C(NCCCN1CCCCC1)c1ccc2c(c1)sc1nc(-c3ccc([C@H]4CCCN4)cc3F)cn12. The van der Waals surface area contributed by atoms with Gasteiger partial charge in [0.15, 0.2) is 4.96 Å². The zero-order chi connectivity index (χ0) is 24.5. The number of thiazole rings is 1. The van der Waals surface area contributed by atoms with Gasteiger partial charge in [-0.15, -0.1) is 0 Å². The van der Waals surface area contributed by atoms with Crippen molar-refractivity contribution in [2.75, 3.05) is 32.7 Å². The van der Waals surface area contributed by atoms with Crippen LogP contribution in [0.5, 0.6) is 0 Å². The van der Waals surface area contributed by atoms with Crippen LogP contribution in [0.2, 0.25) is 0 Å². The van der Waals surface area contributed by atoms with Gasteiger partial charge in [-0.2, -0.15) is 0 Å². The Morgan fingerprint density at radius 3 is 2.83 bits per heavy atom. The fraction of sp³-hybridized carbons (Fsp3) is 0.429. The Morgan fingerprint density at radius 2 is 2.03 bits per heavy atom. The van der Waals surface area contributed by atoms with Crippen molar-refractivity contribution < 1.29 is 9.18 Å². The van der Waals surface area contributed by atoms with Gasteiger partial charge in [-0.05, 0) is 94.2 Å². The number of piperidine rings is 1. The molecule has 2 aromatic heterocycles. The molecule has 4 heterocycles. The molecule has 2 aromatic carbocycles. The largest absolute Gasteiger partial charge is 0.352 e. The molecule has 6 nitrogen and oxygen atoms in total. The third kappa shape index (κ3) is 4.77. The second-order valence-corrected chi connectivity index (χ2v) is 11.0. The minimum atomic E-state index is -0.240. The topological polar surface area (TPSA) is 61.7 Å². The molecule has 2 N–H and O–H groups in total. The van der Waals surface area contributed by atoms with Crippen molar-refractivity contribution in [3.8, 4) is 11.3 Å². The summed E-state index contributed by atoms with van der Waals surface area (Å²) in [6, 6.07) is 11.5. The summed E-state index contributed by atoms with van der Waals surface area (Å²) in [5, 5.41) is 6.48. The third-order valence-electron chi connectivity index (χ3n) is 7.47. The van der Waals surface area contributed by atoms with E-state index >= 15 is 0 Å². The fourth-order valence-corrected chi connectivity index (χ4v) is 6.53. The van der Waals surface area contributed by atoms with E-state index in [0.29, 0.717) is 23.4 Å². The standard InChI is InChI=1S/C28H32FN5OS/c29-22-16-19(23-6-4-11-30-23)7-9-21(22)24-18-34-25-10-8-20(17-26(25)36-28(34)32-24)27(35)31-12-5-15-33-13-2-1-3-14-33/h7-10,16-18,23,30H,1-6,11-15H2,(H,31,35)/t23-/m1/s1. The van der Waals surface area contributed by atoms with Crippen molar-refractivity contribution in [2.45, 2.75) is 44.6 Å². The summed E-state index contributed by atoms with van der Waals surface area (Å²) in [4.78, 5) is 20.7. The highest BCUT2D eigenvalue weighted by atomic mass is 32.1. The summed E-state index contributed by atoms with van der Waals surface area (Å²) in [5.74, 6) is -0.281. The molecule has 4 aromatic rings. The Labute approximate surface area is 214 Å². The third-order valence-corrected chi connectivity index (χ3v) is 8.49. The first-order valence-electron chi connectivity index (χ1n) is 13.1. The average Bonchev–Trinajstić information content (AvgIpc) is 3.63. The lowest BCUT2D eigenvalue weighted by Crippen LogP contribution is -2.33. The van der Waals surface area contributed by atoms with Crippen LogP contribution in [0.1, 0.15) is 60.5 Å². The number of nitrogens with one attached hydrogen (secondary N) is 2. The van der Waals surface area contributed by atoms with Gasteiger partial charge >= 0.3 is 0 Å². The lowest BCUT2D eigenvalue weighted by molar-refractivity contribution is 0.0951. The van der Waals surface area contributed by atoms with E-state index in [9.17, 15) is 9.18 Å². The highest BCUT2D eigenvalue weighted by Crippen LogP contribution is 2.32. The number of halogens is 1. The molecule has 2 fully saturated rings. The average molecular weight is 506 g/mol. The van der Waals surface area contributed by atoms with Crippen LogP contribution in [0.4, 0.5) is 4.39 Å².